The quantitative estimate of drug-likeness (QED) is 0.402. The first kappa shape index (κ1) is 24.1. The summed E-state index contributed by atoms with van der Waals surface area (Å²) in [7, 11) is 3.40. The van der Waals surface area contributed by atoms with Crippen LogP contribution in [0, 0.1) is 0 Å². The first-order valence-electron chi connectivity index (χ1n) is 11.4. The van der Waals surface area contributed by atoms with Crippen molar-refractivity contribution in [1.82, 2.24) is 20.4 Å². The van der Waals surface area contributed by atoms with Crippen LogP contribution in [0.5, 0.6) is 11.5 Å². The van der Waals surface area contributed by atoms with Gasteiger partial charge in [-0.3, -0.25) is 9.48 Å². The van der Waals surface area contributed by atoms with Gasteiger partial charge in [-0.2, -0.15) is 5.10 Å². The summed E-state index contributed by atoms with van der Waals surface area (Å²) in [5, 5.41) is 14.6. The molecule has 0 bridgehead atoms. The minimum Gasteiger partial charge on any atom is -0.497 e. The summed E-state index contributed by atoms with van der Waals surface area (Å²) < 4.78 is 13.1. The molecular formula is C25H30ClN5O3. The van der Waals surface area contributed by atoms with Crippen LogP contribution in [0.4, 0.5) is 5.69 Å². The molecule has 180 valence electrons. The Hall–Kier alpha value is -3.07. The molecule has 0 saturated carbocycles. The summed E-state index contributed by atoms with van der Waals surface area (Å²) >= 11 is 6.44. The third-order valence-corrected chi connectivity index (χ3v) is 6.13. The van der Waals surface area contributed by atoms with E-state index in [9.17, 15) is 4.79 Å². The van der Waals surface area contributed by atoms with E-state index in [1.807, 2.05) is 25.2 Å². The molecule has 8 nitrogen and oxygen atoms in total. The van der Waals surface area contributed by atoms with Crippen LogP contribution in [0.1, 0.15) is 23.2 Å². The molecule has 2 heterocycles. The molecule has 3 N–H and O–H groups in total. The maximum Gasteiger partial charge on any atom is 0.255 e. The fourth-order valence-corrected chi connectivity index (χ4v) is 4.32. The van der Waals surface area contributed by atoms with Gasteiger partial charge in [-0.05, 0) is 62.3 Å². The zero-order chi connectivity index (χ0) is 23.9. The molecule has 0 radical (unpaired) electrons. The lowest BCUT2D eigenvalue weighted by Gasteiger charge is -2.24. The number of carbonyl (C=O) groups excluding carboxylic acids is 1. The fourth-order valence-electron chi connectivity index (χ4n) is 4.05. The number of hydrogen-bond acceptors (Lipinski definition) is 6. The van der Waals surface area contributed by atoms with Crippen LogP contribution in [0.15, 0.2) is 48.7 Å². The highest BCUT2D eigenvalue weighted by molar-refractivity contribution is 6.33. The van der Waals surface area contributed by atoms with Crippen LogP contribution in [-0.2, 0) is 7.05 Å². The molecule has 1 amide bonds. The zero-order valence-electron chi connectivity index (χ0n) is 19.4. The number of aromatic nitrogens is 2. The van der Waals surface area contributed by atoms with Gasteiger partial charge in [-0.1, -0.05) is 17.7 Å². The maximum absolute atomic E-state index is 12.8. The predicted molar refractivity (Wildman–Crippen MR) is 134 cm³/mol. The van der Waals surface area contributed by atoms with Crippen LogP contribution in [0.3, 0.4) is 0 Å². The smallest absolute Gasteiger partial charge is 0.255 e. The lowest BCUT2D eigenvalue weighted by atomic mass is 10.1. The molecule has 0 aliphatic carbocycles. The second-order valence-electron chi connectivity index (χ2n) is 8.19. The minimum absolute atomic E-state index is 0.235. The van der Waals surface area contributed by atoms with Crippen molar-refractivity contribution < 1.29 is 14.3 Å². The second-order valence-corrected chi connectivity index (χ2v) is 8.60. The van der Waals surface area contributed by atoms with Crippen LogP contribution in [0.2, 0.25) is 5.02 Å². The van der Waals surface area contributed by atoms with E-state index in [4.69, 9.17) is 21.1 Å². The van der Waals surface area contributed by atoms with E-state index in [1.165, 1.54) is 0 Å². The van der Waals surface area contributed by atoms with Crippen molar-refractivity contribution in [3.63, 3.8) is 0 Å². The summed E-state index contributed by atoms with van der Waals surface area (Å²) in [5.74, 6) is 1.06. The molecule has 0 atom stereocenters. The van der Waals surface area contributed by atoms with Crippen molar-refractivity contribution in [2.75, 3.05) is 38.7 Å². The van der Waals surface area contributed by atoms with E-state index in [1.54, 1.807) is 42.3 Å². The lowest BCUT2D eigenvalue weighted by molar-refractivity contribution is 0.102. The number of amides is 1. The molecule has 0 spiro atoms. The Kier molecular flexibility index (Phi) is 8.05. The van der Waals surface area contributed by atoms with Crippen LogP contribution in [-0.4, -0.2) is 55.1 Å². The van der Waals surface area contributed by atoms with E-state index in [2.05, 4.69) is 21.0 Å². The van der Waals surface area contributed by atoms with Gasteiger partial charge in [0.1, 0.15) is 18.1 Å². The van der Waals surface area contributed by atoms with E-state index < -0.39 is 0 Å². The van der Waals surface area contributed by atoms with Gasteiger partial charge in [0.25, 0.3) is 5.91 Å². The number of methoxy groups -OCH3 is 1. The Morgan fingerprint density at radius 2 is 2.06 bits per heavy atom. The van der Waals surface area contributed by atoms with Crippen LogP contribution >= 0.6 is 11.6 Å². The predicted octanol–water partition coefficient (Wildman–Crippen LogP) is 3.72. The molecule has 9 heteroatoms. The molecule has 4 rings (SSSR count). The Balaban J connectivity index is 1.50. The number of aryl methyl sites for hydroxylation is 1. The molecule has 2 aromatic carbocycles. The molecule has 1 fully saturated rings. The zero-order valence-corrected chi connectivity index (χ0v) is 20.2. The monoisotopic (exact) mass is 483 g/mol. The van der Waals surface area contributed by atoms with Gasteiger partial charge in [0.15, 0.2) is 0 Å². The molecule has 3 aromatic rings. The maximum atomic E-state index is 12.8. The number of piperidine rings is 1. The van der Waals surface area contributed by atoms with Gasteiger partial charge in [0, 0.05) is 36.4 Å². The van der Waals surface area contributed by atoms with Crippen molar-refractivity contribution in [3.05, 3.63) is 59.2 Å². The standard InChI is InChI=1S/C25H30ClN5O3/c1-31-24(22(26)16-29-31)21-15-19(30-25(32)17-4-3-5-20(14-17)33-2)6-7-23(21)34-13-12-28-18-8-10-27-11-9-18/h3-7,14-16,18,27-28H,8-13H2,1-2H3,(H,30,32). The summed E-state index contributed by atoms with van der Waals surface area (Å²) in [5.41, 5.74) is 2.61. The highest BCUT2D eigenvalue weighted by Gasteiger charge is 2.17. The van der Waals surface area contributed by atoms with Gasteiger partial charge in [-0.15, -0.1) is 0 Å². The van der Waals surface area contributed by atoms with E-state index in [-0.39, 0.29) is 5.91 Å². The molecular weight excluding hydrogens is 454 g/mol. The van der Waals surface area contributed by atoms with Gasteiger partial charge >= 0.3 is 0 Å². The van der Waals surface area contributed by atoms with Gasteiger partial charge in [0.2, 0.25) is 0 Å². The lowest BCUT2D eigenvalue weighted by Crippen LogP contribution is -2.41. The van der Waals surface area contributed by atoms with Gasteiger partial charge in [0.05, 0.1) is 24.0 Å². The van der Waals surface area contributed by atoms with Crippen molar-refractivity contribution in [2.24, 2.45) is 7.05 Å². The number of anilines is 1. The first-order chi connectivity index (χ1) is 16.5. The summed E-state index contributed by atoms with van der Waals surface area (Å²) in [6.45, 7) is 3.36. The molecule has 0 unspecified atom stereocenters. The van der Waals surface area contributed by atoms with Crippen molar-refractivity contribution >= 4 is 23.2 Å². The number of nitrogens with zero attached hydrogens (tertiary/aromatic N) is 2. The number of nitrogens with one attached hydrogen (secondary N) is 3. The number of halogens is 1. The van der Waals surface area contributed by atoms with Crippen molar-refractivity contribution in [1.29, 1.82) is 0 Å². The average Bonchev–Trinajstić information content (AvgIpc) is 3.20. The Bertz CT molecular complexity index is 1110. The average molecular weight is 484 g/mol. The number of rotatable bonds is 9. The van der Waals surface area contributed by atoms with Crippen LogP contribution in [0.25, 0.3) is 11.3 Å². The van der Waals surface area contributed by atoms with Crippen molar-refractivity contribution in [3.8, 4) is 22.8 Å². The second kappa shape index (κ2) is 11.4. The topological polar surface area (TPSA) is 89.4 Å². The number of hydrogen-bond donors (Lipinski definition) is 3. The highest BCUT2D eigenvalue weighted by Crippen LogP contribution is 2.36. The fraction of sp³-hybridized carbons (Fsp3) is 0.360. The molecule has 34 heavy (non-hydrogen) atoms. The molecule has 1 aromatic heterocycles. The van der Waals surface area contributed by atoms with Crippen LogP contribution < -0.4 is 25.4 Å². The molecule has 1 aliphatic rings. The third-order valence-electron chi connectivity index (χ3n) is 5.85. The number of ether oxygens (including phenoxy) is 2. The van der Waals surface area contributed by atoms with Gasteiger partial charge < -0.3 is 25.4 Å². The third kappa shape index (κ3) is 5.88. The Labute approximate surface area is 204 Å². The summed E-state index contributed by atoms with van der Waals surface area (Å²) in [4.78, 5) is 12.8. The van der Waals surface area contributed by atoms with E-state index >= 15 is 0 Å². The summed E-state index contributed by atoms with van der Waals surface area (Å²) in [6.07, 6.45) is 3.84. The van der Waals surface area contributed by atoms with E-state index in [0.29, 0.717) is 40.4 Å². The normalized spacial score (nSPS) is 14.1. The van der Waals surface area contributed by atoms with E-state index in [0.717, 1.165) is 43.7 Å². The largest absolute Gasteiger partial charge is 0.497 e. The Morgan fingerprint density at radius 1 is 1.24 bits per heavy atom. The SMILES string of the molecule is COc1cccc(C(=O)Nc2ccc(OCCNC3CCNCC3)c(-c3c(Cl)cnn3C)c2)c1. The molecule has 1 aliphatic heterocycles. The number of benzene rings is 2. The van der Waals surface area contributed by atoms with Gasteiger partial charge in [-0.25, -0.2) is 0 Å². The summed E-state index contributed by atoms with van der Waals surface area (Å²) in [6, 6.07) is 13.1. The minimum atomic E-state index is -0.235. The first-order valence-corrected chi connectivity index (χ1v) is 11.8. The Morgan fingerprint density at radius 3 is 2.79 bits per heavy atom. The number of carbonyl (C=O) groups is 1. The molecule has 1 saturated heterocycles. The van der Waals surface area contributed by atoms with Crippen molar-refractivity contribution in [2.45, 2.75) is 18.9 Å². The highest BCUT2D eigenvalue weighted by atomic mass is 35.5.